The van der Waals surface area contributed by atoms with Crippen molar-refractivity contribution >= 4 is 23.1 Å². The highest BCUT2D eigenvalue weighted by Crippen LogP contribution is 2.14. The van der Waals surface area contributed by atoms with Gasteiger partial charge in [-0.25, -0.2) is 4.98 Å². The maximum Gasteiger partial charge on any atom is 0.0797 e. The molecule has 0 aromatic carbocycles. The number of hydrogen-bond acceptors (Lipinski definition) is 4. The van der Waals surface area contributed by atoms with E-state index in [1.165, 1.54) is 23.5 Å². The lowest BCUT2D eigenvalue weighted by molar-refractivity contribution is 0.334. The van der Waals surface area contributed by atoms with E-state index in [1.54, 1.807) is 11.3 Å². The van der Waals surface area contributed by atoms with Crippen molar-refractivity contribution in [1.29, 1.82) is 0 Å². The van der Waals surface area contributed by atoms with E-state index < -0.39 is 0 Å². The highest BCUT2D eigenvalue weighted by molar-refractivity contribution is 7.99. The number of aromatic nitrogens is 1. The molecule has 0 aliphatic rings. The molecule has 16 heavy (non-hydrogen) atoms. The molecule has 0 saturated carbocycles. The van der Waals surface area contributed by atoms with E-state index in [1.807, 2.05) is 17.3 Å². The molecule has 0 aliphatic carbocycles. The molecule has 0 fully saturated rings. The molecule has 0 radical (unpaired) electrons. The Balaban J connectivity index is 2.20. The first-order valence-corrected chi connectivity index (χ1v) is 7.90. The number of aryl methyl sites for hydroxylation is 1. The van der Waals surface area contributed by atoms with Gasteiger partial charge in [0, 0.05) is 16.7 Å². The molecule has 1 heterocycles. The Morgan fingerprint density at radius 3 is 2.81 bits per heavy atom. The van der Waals surface area contributed by atoms with Crippen molar-refractivity contribution in [3.8, 4) is 0 Å². The van der Waals surface area contributed by atoms with E-state index in [0.29, 0.717) is 0 Å². The van der Waals surface area contributed by atoms with Crippen LogP contribution in [0.25, 0.3) is 0 Å². The van der Waals surface area contributed by atoms with Gasteiger partial charge in [0.25, 0.3) is 0 Å². The predicted octanol–water partition coefficient (Wildman–Crippen LogP) is 3.07. The van der Waals surface area contributed by atoms with Crippen LogP contribution < -0.4 is 0 Å². The topological polar surface area (TPSA) is 16.1 Å². The Bertz CT molecular complexity index is 299. The number of nitrogens with zero attached hydrogens (tertiary/aromatic N) is 2. The number of thioether (sulfide) groups is 1. The molecule has 1 rings (SSSR count). The minimum absolute atomic E-state index is 0.771. The zero-order chi connectivity index (χ0) is 12.0. The first-order valence-electron chi connectivity index (χ1n) is 5.73. The van der Waals surface area contributed by atoms with Crippen molar-refractivity contribution < 1.29 is 0 Å². The van der Waals surface area contributed by atoms with E-state index >= 15 is 0 Å². The highest BCUT2D eigenvalue weighted by Gasteiger charge is 2.05. The molecule has 2 nitrogen and oxygen atoms in total. The molecule has 0 bridgehead atoms. The number of rotatable bonds is 7. The molecule has 0 saturated heterocycles. The average Bonchev–Trinajstić information content (AvgIpc) is 2.69. The average molecular weight is 258 g/mol. The zero-order valence-corrected chi connectivity index (χ0v) is 12.3. The Morgan fingerprint density at radius 2 is 2.25 bits per heavy atom. The van der Waals surface area contributed by atoms with Crippen molar-refractivity contribution in [3.05, 3.63) is 16.1 Å². The number of likely N-dealkylation sites (N-methyl/N-ethyl adjacent to an activating group) is 1. The maximum absolute atomic E-state index is 4.28. The zero-order valence-electron chi connectivity index (χ0n) is 10.7. The van der Waals surface area contributed by atoms with Crippen molar-refractivity contribution in [3.63, 3.8) is 0 Å². The van der Waals surface area contributed by atoms with Crippen LogP contribution in [0.15, 0.2) is 5.51 Å². The van der Waals surface area contributed by atoms with Gasteiger partial charge >= 0.3 is 0 Å². The monoisotopic (exact) mass is 258 g/mol. The van der Waals surface area contributed by atoms with Crippen LogP contribution in [0.4, 0.5) is 0 Å². The third-order valence-corrected chi connectivity index (χ3v) is 4.92. The van der Waals surface area contributed by atoms with E-state index in [-0.39, 0.29) is 0 Å². The summed E-state index contributed by atoms with van der Waals surface area (Å²) in [5.41, 5.74) is 3.15. The normalized spacial score (nSPS) is 13.3. The molecule has 0 amide bonds. The van der Waals surface area contributed by atoms with Gasteiger partial charge in [0.05, 0.1) is 11.2 Å². The molecule has 0 spiro atoms. The minimum Gasteiger partial charge on any atom is -0.306 e. The van der Waals surface area contributed by atoms with Crippen molar-refractivity contribution in [2.24, 2.45) is 0 Å². The van der Waals surface area contributed by atoms with Crippen LogP contribution in [0.5, 0.6) is 0 Å². The summed E-state index contributed by atoms with van der Waals surface area (Å²) in [6.45, 7) is 6.73. The smallest absolute Gasteiger partial charge is 0.0797 e. The number of thiazole rings is 1. The molecule has 0 N–H and O–H groups in total. The molecular formula is C12H22N2S2. The predicted molar refractivity (Wildman–Crippen MR) is 75.6 cm³/mol. The standard InChI is InChI=1S/C12H22N2S2/c1-10(15-4)5-7-14(3)8-6-12-11(2)13-9-16-12/h9-10H,5-8H2,1-4H3/t10-/m1/s1. The summed E-state index contributed by atoms with van der Waals surface area (Å²) in [6.07, 6.45) is 4.60. The van der Waals surface area contributed by atoms with Gasteiger partial charge in [-0.15, -0.1) is 11.3 Å². The van der Waals surface area contributed by atoms with Crippen LogP contribution in [0.1, 0.15) is 23.9 Å². The number of hydrogen-bond donors (Lipinski definition) is 0. The van der Waals surface area contributed by atoms with Gasteiger partial charge < -0.3 is 4.90 Å². The third kappa shape index (κ3) is 4.85. The molecule has 1 atom stereocenters. The molecule has 0 aliphatic heterocycles. The molecule has 1 aromatic rings. The molecule has 4 heteroatoms. The fourth-order valence-electron chi connectivity index (χ4n) is 1.49. The van der Waals surface area contributed by atoms with Gasteiger partial charge in [0.15, 0.2) is 0 Å². The van der Waals surface area contributed by atoms with Gasteiger partial charge in [-0.1, -0.05) is 6.92 Å². The largest absolute Gasteiger partial charge is 0.306 e. The Labute approximate surface area is 107 Å². The minimum atomic E-state index is 0.771. The fraction of sp³-hybridized carbons (Fsp3) is 0.750. The lowest BCUT2D eigenvalue weighted by atomic mass is 10.2. The first-order chi connectivity index (χ1) is 7.63. The summed E-state index contributed by atoms with van der Waals surface area (Å²) in [5, 5.41) is 0.771. The summed E-state index contributed by atoms with van der Waals surface area (Å²) in [4.78, 5) is 8.14. The molecular weight excluding hydrogens is 236 g/mol. The lowest BCUT2D eigenvalue weighted by Crippen LogP contribution is -2.24. The third-order valence-electron chi connectivity index (χ3n) is 2.89. The van der Waals surface area contributed by atoms with Crippen molar-refractivity contribution in [1.82, 2.24) is 9.88 Å². The van der Waals surface area contributed by atoms with Crippen LogP contribution >= 0.6 is 23.1 Å². The first kappa shape index (κ1) is 14.0. The Morgan fingerprint density at radius 1 is 1.50 bits per heavy atom. The molecule has 1 aromatic heterocycles. The fourth-order valence-corrected chi connectivity index (χ4v) is 2.60. The summed E-state index contributed by atoms with van der Waals surface area (Å²) < 4.78 is 0. The second-order valence-electron chi connectivity index (χ2n) is 4.25. The summed E-state index contributed by atoms with van der Waals surface area (Å²) in [5.74, 6) is 0. The Hall–Kier alpha value is -0.0600. The highest BCUT2D eigenvalue weighted by atomic mass is 32.2. The van der Waals surface area contributed by atoms with E-state index in [9.17, 15) is 0 Å². The van der Waals surface area contributed by atoms with Gasteiger partial charge in [-0.3, -0.25) is 0 Å². The van der Waals surface area contributed by atoms with Crippen molar-refractivity contribution in [2.45, 2.75) is 31.9 Å². The van der Waals surface area contributed by atoms with E-state index in [2.05, 4.69) is 37.0 Å². The maximum atomic E-state index is 4.28. The van der Waals surface area contributed by atoms with Crippen LogP contribution in [0.3, 0.4) is 0 Å². The van der Waals surface area contributed by atoms with Crippen LogP contribution in [-0.4, -0.2) is 41.5 Å². The van der Waals surface area contributed by atoms with Gasteiger partial charge in [0.1, 0.15) is 0 Å². The quantitative estimate of drug-likeness (QED) is 0.748. The van der Waals surface area contributed by atoms with E-state index in [0.717, 1.165) is 18.2 Å². The van der Waals surface area contributed by atoms with Gasteiger partial charge in [-0.05, 0) is 39.6 Å². The lowest BCUT2D eigenvalue weighted by Gasteiger charge is -2.18. The SMILES string of the molecule is CS[C@H](C)CCN(C)CCc1scnc1C. The van der Waals surface area contributed by atoms with Gasteiger partial charge in [0.2, 0.25) is 0 Å². The summed E-state index contributed by atoms with van der Waals surface area (Å²) in [6, 6.07) is 0. The Kier molecular flexibility index (Phi) is 6.39. The molecule has 92 valence electrons. The van der Waals surface area contributed by atoms with Crippen LogP contribution in [0.2, 0.25) is 0 Å². The van der Waals surface area contributed by atoms with Crippen LogP contribution in [-0.2, 0) is 6.42 Å². The van der Waals surface area contributed by atoms with E-state index in [4.69, 9.17) is 0 Å². The van der Waals surface area contributed by atoms with Crippen LogP contribution in [0, 0.1) is 6.92 Å². The summed E-state index contributed by atoms with van der Waals surface area (Å²) >= 11 is 3.73. The van der Waals surface area contributed by atoms with Crippen molar-refractivity contribution in [2.75, 3.05) is 26.4 Å². The second-order valence-corrected chi connectivity index (χ2v) is 6.46. The molecule has 0 unspecified atom stereocenters. The summed E-state index contributed by atoms with van der Waals surface area (Å²) in [7, 11) is 2.21. The second kappa shape index (κ2) is 7.30. The van der Waals surface area contributed by atoms with Gasteiger partial charge in [-0.2, -0.15) is 11.8 Å².